The Labute approximate surface area is 110 Å². The predicted octanol–water partition coefficient (Wildman–Crippen LogP) is 4.99. The van der Waals surface area contributed by atoms with Crippen LogP contribution in [0, 0.1) is 0 Å². The van der Waals surface area contributed by atoms with Crippen LogP contribution in [0.15, 0.2) is 60.7 Å². The normalized spacial score (nSPS) is 11.8. The lowest BCUT2D eigenvalue weighted by Crippen LogP contribution is -2.22. The minimum Gasteiger partial charge on any atom is -0.314 e. The molecule has 0 aliphatic rings. The summed E-state index contributed by atoms with van der Waals surface area (Å²) in [7, 11) is -2.59. The van der Waals surface area contributed by atoms with Crippen LogP contribution in [0.3, 0.4) is 0 Å². The second kappa shape index (κ2) is 5.49. The molecule has 94 valence electrons. The Morgan fingerprint density at radius 2 is 1.22 bits per heavy atom. The minimum atomic E-state index is -2.59. The molecule has 0 aliphatic carbocycles. The van der Waals surface area contributed by atoms with Crippen LogP contribution < -0.4 is 0 Å². The summed E-state index contributed by atoms with van der Waals surface area (Å²) < 4.78 is 14.1. The highest BCUT2D eigenvalue weighted by molar-refractivity contribution is 6.70. The van der Waals surface area contributed by atoms with Crippen molar-refractivity contribution in [1.82, 2.24) is 0 Å². The molecular weight excluding hydrogens is 239 g/mol. The molecule has 0 N–H and O–H groups in total. The third-order valence-electron chi connectivity index (χ3n) is 3.09. The van der Waals surface area contributed by atoms with Gasteiger partial charge in [0.1, 0.15) is 0 Å². The van der Waals surface area contributed by atoms with E-state index < -0.39 is 8.41 Å². The highest BCUT2D eigenvalue weighted by Gasteiger charge is 2.27. The molecule has 2 aromatic rings. The molecular formula is C16H19FSi. The Hall–Kier alpha value is -1.41. The Morgan fingerprint density at radius 3 is 1.56 bits per heavy atom. The highest BCUT2D eigenvalue weighted by atomic mass is 28.4. The van der Waals surface area contributed by atoms with Crippen molar-refractivity contribution in [2.75, 3.05) is 0 Å². The first-order valence-corrected chi connectivity index (χ1v) is 9.43. The van der Waals surface area contributed by atoms with E-state index in [1.807, 2.05) is 36.4 Å². The van der Waals surface area contributed by atoms with Crippen LogP contribution in [0.1, 0.15) is 17.0 Å². The van der Waals surface area contributed by atoms with Gasteiger partial charge in [0.2, 0.25) is 8.41 Å². The van der Waals surface area contributed by atoms with E-state index in [0.717, 1.165) is 0 Å². The number of rotatable bonds is 4. The molecule has 0 amide bonds. The van der Waals surface area contributed by atoms with Crippen molar-refractivity contribution >= 4 is 8.41 Å². The summed E-state index contributed by atoms with van der Waals surface area (Å²) in [5.74, 6) is 0.180. The smallest absolute Gasteiger partial charge is 0.241 e. The van der Waals surface area contributed by atoms with E-state index >= 15 is 0 Å². The molecule has 0 saturated carbocycles. The van der Waals surface area contributed by atoms with Crippen molar-refractivity contribution in [3.63, 3.8) is 0 Å². The van der Waals surface area contributed by atoms with E-state index in [9.17, 15) is 4.11 Å². The zero-order chi connectivity index (χ0) is 13.0. The van der Waals surface area contributed by atoms with E-state index in [-0.39, 0.29) is 5.92 Å². The molecule has 0 spiro atoms. The second-order valence-corrected chi connectivity index (χ2v) is 9.14. The first-order valence-electron chi connectivity index (χ1n) is 6.35. The first-order chi connectivity index (χ1) is 8.56. The minimum absolute atomic E-state index is 0.180. The summed E-state index contributed by atoms with van der Waals surface area (Å²) in [5, 5.41) is 0. The average Bonchev–Trinajstić information content (AvgIpc) is 2.37. The summed E-state index contributed by atoms with van der Waals surface area (Å²) in [4.78, 5) is 0. The SMILES string of the molecule is C[Si](C)(F)CC(c1ccccc1)c1ccccc1. The average molecular weight is 258 g/mol. The lowest BCUT2D eigenvalue weighted by Gasteiger charge is -2.22. The van der Waals surface area contributed by atoms with Crippen molar-refractivity contribution in [2.24, 2.45) is 0 Å². The fourth-order valence-electron chi connectivity index (χ4n) is 2.28. The van der Waals surface area contributed by atoms with Gasteiger partial charge in [-0.15, -0.1) is 0 Å². The lowest BCUT2D eigenvalue weighted by atomic mass is 9.93. The number of hydrogen-bond acceptors (Lipinski definition) is 0. The van der Waals surface area contributed by atoms with Gasteiger partial charge < -0.3 is 4.11 Å². The maximum atomic E-state index is 14.1. The zero-order valence-corrected chi connectivity index (χ0v) is 11.9. The summed E-state index contributed by atoms with van der Waals surface area (Å²) in [6, 6.07) is 21.1. The highest BCUT2D eigenvalue weighted by Crippen LogP contribution is 2.33. The van der Waals surface area contributed by atoms with Crippen LogP contribution in [0.25, 0.3) is 0 Å². The monoisotopic (exact) mass is 258 g/mol. The van der Waals surface area contributed by atoms with Gasteiger partial charge in [-0.3, -0.25) is 0 Å². The molecule has 0 bridgehead atoms. The van der Waals surface area contributed by atoms with Gasteiger partial charge >= 0.3 is 0 Å². The van der Waals surface area contributed by atoms with Gasteiger partial charge in [-0.2, -0.15) is 0 Å². The van der Waals surface area contributed by atoms with Crippen LogP contribution in [0.5, 0.6) is 0 Å². The van der Waals surface area contributed by atoms with Gasteiger partial charge in [0.15, 0.2) is 0 Å². The third-order valence-corrected chi connectivity index (χ3v) is 4.47. The molecule has 0 saturated heterocycles. The Kier molecular flexibility index (Phi) is 3.97. The van der Waals surface area contributed by atoms with Crippen LogP contribution in [0.4, 0.5) is 4.11 Å². The Morgan fingerprint density at radius 1 is 0.833 bits per heavy atom. The lowest BCUT2D eigenvalue weighted by molar-refractivity contribution is 0.751. The van der Waals surface area contributed by atoms with Crippen molar-refractivity contribution < 1.29 is 4.11 Å². The summed E-state index contributed by atoms with van der Waals surface area (Å²) in [5.41, 5.74) is 2.42. The fraction of sp³-hybridized carbons (Fsp3) is 0.250. The summed E-state index contributed by atoms with van der Waals surface area (Å²) in [6.07, 6.45) is 0. The summed E-state index contributed by atoms with van der Waals surface area (Å²) in [6.45, 7) is 3.57. The van der Waals surface area contributed by atoms with Gasteiger partial charge in [0.25, 0.3) is 0 Å². The second-order valence-electron chi connectivity index (χ2n) is 5.30. The van der Waals surface area contributed by atoms with Crippen LogP contribution in [-0.2, 0) is 0 Å². The Balaban J connectivity index is 2.36. The molecule has 2 aromatic carbocycles. The van der Waals surface area contributed by atoms with Crippen molar-refractivity contribution in [3.05, 3.63) is 71.8 Å². The number of benzene rings is 2. The first kappa shape index (κ1) is 13.0. The van der Waals surface area contributed by atoms with Gasteiger partial charge in [-0.25, -0.2) is 0 Å². The van der Waals surface area contributed by atoms with Crippen LogP contribution in [0.2, 0.25) is 19.1 Å². The van der Waals surface area contributed by atoms with Gasteiger partial charge in [-0.1, -0.05) is 60.7 Å². The molecule has 2 rings (SSSR count). The molecule has 0 unspecified atom stereocenters. The van der Waals surface area contributed by atoms with Crippen LogP contribution in [-0.4, -0.2) is 8.41 Å². The molecule has 0 radical (unpaired) electrons. The standard InChI is InChI=1S/C16H19FSi/c1-18(2,17)13-16(14-9-5-3-6-10-14)15-11-7-4-8-12-15/h3-12,16H,13H2,1-2H3. The molecule has 0 aromatic heterocycles. The van der Waals surface area contributed by atoms with Crippen molar-refractivity contribution in [2.45, 2.75) is 25.1 Å². The third kappa shape index (κ3) is 3.54. The van der Waals surface area contributed by atoms with E-state index in [0.29, 0.717) is 6.04 Å². The molecule has 0 aliphatic heterocycles. The molecule has 0 nitrogen and oxygen atoms in total. The zero-order valence-electron chi connectivity index (χ0n) is 10.9. The fourth-order valence-corrected chi connectivity index (χ4v) is 3.73. The van der Waals surface area contributed by atoms with Crippen molar-refractivity contribution in [1.29, 1.82) is 0 Å². The molecule has 0 heterocycles. The Bertz CT molecular complexity index is 434. The van der Waals surface area contributed by atoms with E-state index in [2.05, 4.69) is 24.3 Å². The predicted molar refractivity (Wildman–Crippen MR) is 78.1 cm³/mol. The largest absolute Gasteiger partial charge is 0.314 e. The van der Waals surface area contributed by atoms with E-state index in [1.54, 1.807) is 13.1 Å². The number of halogens is 1. The summed E-state index contributed by atoms with van der Waals surface area (Å²) >= 11 is 0. The molecule has 0 fully saturated rings. The molecule has 0 atom stereocenters. The maximum Gasteiger partial charge on any atom is 0.241 e. The van der Waals surface area contributed by atoms with Gasteiger partial charge in [0.05, 0.1) is 0 Å². The number of hydrogen-bond donors (Lipinski definition) is 0. The maximum absolute atomic E-state index is 14.1. The molecule has 2 heteroatoms. The van der Waals surface area contributed by atoms with Crippen molar-refractivity contribution in [3.8, 4) is 0 Å². The van der Waals surface area contributed by atoms with E-state index in [1.165, 1.54) is 11.1 Å². The molecule has 18 heavy (non-hydrogen) atoms. The van der Waals surface area contributed by atoms with E-state index in [4.69, 9.17) is 0 Å². The van der Waals surface area contributed by atoms with Gasteiger partial charge in [-0.05, 0) is 30.3 Å². The van der Waals surface area contributed by atoms with Gasteiger partial charge in [0, 0.05) is 5.92 Å². The quantitative estimate of drug-likeness (QED) is 0.535. The topological polar surface area (TPSA) is 0 Å². The van der Waals surface area contributed by atoms with Crippen LogP contribution >= 0.6 is 0 Å².